The summed E-state index contributed by atoms with van der Waals surface area (Å²) in [5, 5.41) is 3.05. The molecule has 0 radical (unpaired) electrons. The molecule has 1 N–H and O–H groups in total. The lowest BCUT2D eigenvalue weighted by atomic mass is 10.2. The van der Waals surface area contributed by atoms with Crippen molar-refractivity contribution >= 4 is 34.9 Å². The van der Waals surface area contributed by atoms with Crippen LogP contribution in [0.3, 0.4) is 0 Å². The van der Waals surface area contributed by atoms with E-state index < -0.39 is 17.6 Å². The molecule has 2 aromatic rings. The molecule has 0 aliphatic carbocycles. The molecule has 0 aromatic heterocycles. The summed E-state index contributed by atoms with van der Waals surface area (Å²) in [6, 6.07) is 10.6. The predicted octanol–water partition coefficient (Wildman–Crippen LogP) is 4.24. The summed E-state index contributed by atoms with van der Waals surface area (Å²) in [6.07, 6.45) is -4.43. The molecule has 0 saturated carbocycles. The van der Waals surface area contributed by atoms with E-state index in [9.17, 15) is 22.8 Å². The summed E-state index contributed by atoms with van der Waals surface area (Å²) >= 11 is 5.83. The number of carbonyl (C=O) groups is 2. The number of alkyl halides is 3. The van der Waals surface area contributed by atoms with Gasteiger partial charge in [0.25, 0.3) is 0 Å². The van der Waals surface area contributed by atoms with Crippen molar-refractivity contribution in [1.82, 2.24) is 4.90 Å². The second kappa shape index (κ2) is 7.48. The molecule has 1 aliphatic heterocycles. The van der Waals surface area contributed by atoms with Crippen molar-refractivity contribution in [3.8, 4) is 0 Å². The zero-order valence-electron chi connectivity index (χ0n) is 14.0. The van der Waals surface area contributed by atoms with Crippen molar-refractivity contribution < 1.29 is 22.8 Å². The number of benzene rings is 2. The summed E-state index contributed by atoms with van der Waals surface area (Å²) in [6.45, 7) is 0.597. The lowest BCUT2D eigenvalue weighted by Gasteiger charge is -2.18. The monoisotopic (exact) mass is 397 g/mol. The van der Waals surface area contributed by atoms with Gasteiger partial charge in [0.15, 0.2) is 0 Å². The van der Waals surface area contributed by atoms with E-state index in [1.807, 2.05) is 0 Å². The first-order valence-corrected chi connectivity index (χ1v) is 8.41. The van der Waals surface area contributed by atoms with E-state index in [0.717, 1.165) is 12.1 Å². The molecule has 0 spiro atoms. The van der Waals surface area contributed by atoms with Crippen molar-refractivity contribution in [2.75, 3.05) is 29.9 Å². The van der Waals surface area contributed by atoms with E-state index in [4.69, 9.17) is 11.6 Å². The molecule has 5 nitrogen and oxygen atoms in total. The summed E-state index contributed by atoms with van der Waals surface area (Å²) in [7, 11) is 0. The van der Waals surface area contributed by atoms with Gasteiger partial charge in [-0.2, -0.15) is 13.2 Å². The highest BCUT2D eigenvalue weighted by molar-refractivity contribution is 6.30. The normalized spacial score (nSPS) is 14.6. The van der Waals surface area contributed by atoms with Crippen LogP contribution < -0.4 is 10.2 Å². The molecule has 0 atom stereocenters. The van der Waals surface area contributed by atoms with E-state index in [2.05, 4.69) is 5.32 Å². The minimum absolute atomic E-state index is 0.191. The van der Waals surface area contributed by atoms with Crippen molar-refractivity contribution in [2.24, 2.45) is 0 Å². The predicted molar refractivity (Wildman–Crippen MR) is 95.8 cm³/mol. The Morgan fingerprint density at radius 1 is 1.04 bits per heavy atom. The minimum Gasteiger partial charge on any atom is -0.325 e. The minimum atomic E-state index is -4.43. The summed E-state index contributed by atoms with van der Waals surface area (Å²) in [5.41, 5.74) is 0.109. The second-order valence-electron chi connectivity index (χ2n) is 5.96. The third-order valence-electron chi connectivity index (χ3n) is 4.06. The van der Waals surface area contributed by atoms with Crippen LogP contribution in [-0.4, -0.2) is 36.5 Å². The third-order valence-corrected chi connectivity index (χ3v) is 4.32. The lowest BCUT2D eigenvalue weighted by molar-refractivity contribution is -0.137. The molecule has 1 heterocycles. The van der Waals surface area contributed by atoms with Crippen LogP contribution >= 0.6 is 11.6 Å². The van der Waals surface area contributed by atoms with Gasteiger partial charge in [-0.25, -0.2) is 4.79 Å². The fourth-order valence-corrected chi connectivity index (χ4v) is 2.83. The molecule has 3 rings (SSSR count). The largest absolute Gasteiger partial charge is 0.416 e. The second-order valence-corrected chi connectivity index (χ2v) is 6.39. The molecule has 142 valence electrons. The third kappa shape index (κ3) is 4.51. The Kier molecular flexibility index (Phi) is 5.27. The molecule has 3 amide bonds. The first-order chi connectivity index (χ1) is 12.7. The molecule has 2 aromatic carbocycles. The number of hydrogen-bond donors (Lipinski definition) is 1. The number of nitrogens with one attached hydrogen (secondary N) is 1. The maximum Gasteiger partial charge on any atom is 0.416 e. The van der Waals surface area contributed by atoms with Gasteiger partial charge in [0.1, 0.15) is 6.54 Å². The van der Waals surface area contributed by atoms with Gasteiger partial charge in [-0.3, -0.25) is 9.69 Å². The fraction of sp³-hybridized carbons (Fsp3) is 0.222. The topological polar surface area (TPSA) is 52.7 Å². The number of anilines is 2. The van der Waals surface area contributed by atoms with Crippen molar-refractivity contribution in [1.29, 1.82) is 0 Å². The molecule has 1 saturated heterocycles. The van der Waals surface area contributed by atoms with E-state index in [1.165, 1.54) is 21.9 Å². The Morgan fingerprint density at radius 3 is 2.26 bits per heavy atom. The highest BCUT2D eigenvalue weighted by Crippen LogP contribution is 2.29. The van der Waals surface area contributed by atoms with Crippen molar-refractivity contribution in [3.05, 3.63) is 59.1 Å². The van der Waals surface area contributed by atoms with E-state index >= 15 is 0 Å². The Morgan fingerprint density at radius 2 is 1.67 bits per heavy atom. The van der Waals surface area contributed by atoms with Gasteiger partial charge < -0.3 is 10.2 Å². The first-order valence-electron chi connectivity index (χ1n) is 8.03. The molecular weight excluding hydrogens is 383 g/mol. The summed E-state index contributed by atoms with van der Waals surface area (Å²) < 4.78 is 37.7. The number of hydrogen-bond acceptors (Lipinski definition) is 2. The SMILES string of the molecule is O=C(CN1CCN(c2ccc(Cl)cc2)C1=O)Nc1ccc(C(F)(F)F)cc1. The van der Waals surface area contributed by atoms with Gasteiger partial charge in [-0.1, -0.05) is 11.6 Å². The summed E-state index contributed by atoms with van der Waals surface area (Å²) in [5.74, 6) is -0.485. The Labute approximate surface area is 158 Å². The highest BCUT2D eigenvalue weighted by atomic mass is 35.5. The molecule has 0 bridgehead atoms. The fourth-order valence-electron chi connectivity index (χ4n) is 2.71. The van der Waals surface area contributed by atoms with Gasteiger partial charge in [-0.05, 0) is 48.5 Å². The van der Waals surface area contributed by atoms with Crippen LogP contribution in [-0.2, 0) is 11.0 Å². The smallest absolute Gasteiger partial charge is 0.325 e. The lowest BCUT2D eigenvalue weighted by Crippen LogP contribution is -2.37. The van der Waals surface area contributed by atoms with Gasteiger partial charge in [0, 0.05) is 29.5 Å². The molecule has 27 heavy (non-hydrogen) atoms. The number of halogens is 4. The molecule has 9 heteroatoms. The van der Waals surface area contributed by atoms with Crippen molar-refractivity contribution in [2.45, 2.75) is 6.18 Å². The Balaban J connectivity index is 1.58. The number of rotatable bonds is 4. The quantitative estimate of drug-likeness (QED) is 0.839. The zero-order chi connectivity index (χ0) is 19.6. The van der Waals surface area contributed by atoms with Crippen LogP contribution in [0.2, 0.25) is 5.02 Å². The average Bonchev–Trinajstić information content (AvgIpc) is 2.96. The molecular formula is C18H15ClF3N3O2. The summed E-state index contributed by atoms with van der Waals surface area (Å²) in [4.78, 5) is 27.5. The highest BCUT2D eigenvalue weighted by Gasteiger charge is 2.31. The van der Waals surface area contributed by atoms with Crippen LogP contribution in [0, 0.1) is 0 Å². The van der Waals surface area contributed by atoms with Gasteiger partial charge in [-0.15, -0.1) is 0 Å². The maximum atomic E-state index is 12.6. The van der Waals surface area contributed by atoms with Crippen LogP contribution in [0.5, 0.6) is 0 Å². The van der Waals surface area contributed by atoms with E-state index in [1.54, 1.807) is 24.3 Å². The Bertz CT molecular complexity index is 838. The van der Waals surface area contributed by atoms with Crippen LogP contribution in [0.15, 0.2) is 48.5 Å². The van der Waals surface area contributed by atoms with Gasteiger partial charge >= 0.3 is 12.2 Å². The van der Waals surface area contributed by atoms with Crippen molar-refractivity contribution in [3.63, 3.8) is 0 Å². The molecule has 0 unspecified atom stereocenters. The number of nitrogens with zero attached hydrogens (tertiary/aromatic N) is 2. The Hall–Kier alpha value is -2.74. The molecule has 1 fully saturated rings. The van der Waals surface area contributed by atoms with E-state index in [0.29, 0.717) is 23.8 Å². The zero-order valence-corrected chi connectivity index (χ0v) is 14.7. The standard InChI is InChI=1S/C18H15ClF3N3O2/c19-13-3-7-15(8-4-13)25-10-9-24(17(25)27)11-16(26)23-14-5-1-12(2-6-14)18(20,21)22/h1-8H,9-11H2,(H,23,26). The number of carbonyl (C=O) groups excluding carboxylic acids is 2. The van der Waals surface area contributed by atoms with Crippen LogP contribution in [0.25, 0.3) is 0 Å². The number of amides is 3. The average molecular weight is 398 g/mol. The molecule has 1 aliphatic rings. The van der Waals surface area contributed by atoms with E-state index in [-0.39, 0.29) is 18.3 Å². The maximum absolute atomic E-state index is 12.6. The van der Waals surface area contributed by atoms with Gasteiger partial charge in [0.05, 0.1) is 5.56 Å². The van der Waals surface area contributed by atoms with Crippen LogP contribution in [0.1, 0.15) is 5.56 Å². The number of urea groups is 1. The van der Waals surface area contributed by atoms with Crippen LogP contribution in [0.4, 0.5) is 29.3 Å². The van der Waals surface area contributed by atoms with Gasteiger partial charge in [0.2, 0.25) is 5.91 Å². The first kappa shape index (κ1) is 19.0.